The molecule has 2 nitrogen and oxygen atoms in total. The molecular weight excluding hydrogens is 240 g/mol. The SMILES string of the molecule is O=C(c1cc2ccccc2o1)C(F)(F)C(F)F. The summed E-state index contributed by atoms with van der Waals surface area (Å²) >= 11 is 0. The van der Waals surface area contributed by atoms with Crippen molar-refractivity contribution in [1.29, 1.82) is 0 Å². The van der Waals surface area contributed by atoms with Gasteiger partial charge in [-0.1, -0.05) is 18.2 Å². The smallest absolute Gasteiger partial charge is 0.372 e. The standard InChI is InChI=1S/C11H6F4O2/c12-10(13)11(14,15)9(16)8-5-6-3-1-2-4-7(6)17-8/h1-5,10H. The van der Waals surface area contributed by atoms with Gasteiger partial charge in [0, 0.05) is 5.39 Å². The summed E-state index contributed by atoms with van der Waals surface area (Å²) in [5, 5.41) is 0.404. The first-order chi connectivity index (χ1) is 7.93. The van der Waals surface area contributed by atoms with Gasteiger partial charge in [0.05, 0.1) is 0 Å². The van der Waals surface area contributed by atoms with Crippen molar-refractivity contribution in [3.63, 3.8) is 0 Å². The number of Topliss-reactive ketones (excluding diaryl/α,β-unsaturated/α-hetero) is 1. The maximum atomic E-state index is 12.8. The molecule has 0 spiro atoms. The molecule has 1 aromatic carbocycles. The maximum absolute atomic E-state index is 12.8. The molecular formula is C11H6F4O2. The molecule has 0 saturated heterocycles. The Labute approximate surface area is 92.8 Å². The third-order valence-electron chi connectivity index (χ3n) is 2.23. The zero-order valence-electron chi connectivity index (χ0n) is 8.29. The molecule has 1 aromatic heterocycles. The van der Waals surface area contributed by atoms with Gasteiger partial charge in [-0.15, -0.1) is 0 Å². The number of carbonyl (C=O) groups is 1. The second-order valence-electron chi connectivity index (χ2n) is 3.40. The Bertz CT molecular complexity index is 526. The summed E-state index contributed by atoms with van der Waals surface area (Å²) in [7, 11) is 0. The van der Waals surface area contributed by atoms with Crippen LogP contribution in [0, 0.1) is 0 Å². The van der Waals surface area contributed by atoms with Crippen LogP contribution in [0.2, 0.25) is 0 Å². The highest BCUT2D eigenvalue weighted by Crippen LogP contribution is 2.29. The summed E-state index contributed by atoms with van der Waals surface area (Å²) in [6.45, 7) is 0. The molecule has 0 aliphatic carbocycles. The van der Waals surface area contributed by atoms with Crippen LogP contribution in [0.25, 0.3) is 11.0 Å². The van der Waals surface area contributed by atoms with Crippen molar-refractivity contribution in [2.45, 2.75) is 12.3 Å². The normalized spacial score (nSPS) is 12.3. The lowest BCUT2D eigenvalue weighted by atomic mass is 10.1. The largest absolute Gasteiger partial charge is 0.453 e. The van der Waals surface area contributed by atoms with Crippen LogP contribution in [0.15, 0.2) is 34.7 Å². The number of halogens is 4. The molecule has 0 bridgehead atoms. The fourth-order valence-electron chi connectivity index (χ4n) is 1.36. The molecule has 0 fully saturated rings. The van der Waals surface area contributed by atoms with Gasteiger partial charge >= 0.3 is 12.3 Å². The maximum Gasteiger partial charge on any atom is 0.372 e. The molecule has 90 valence electrons. The zero-order valence-corrected chi connectivity index (χ0v) is 8.29. The Morgan fingerprint density at radius 1 is 1.24 bits per heavy atom. The lowest BCUT2D eigenvalue weighted by Gasteiger charge is -2.11. The lowest BCUT2D eigenvalue weighted by Crippen LogP contribution is -2.36. The number of para-hydroxylation sites is 1. The van der Waals surface area contributed by atoms with Crippen molar-refractivity contribution in [1.82, 2.24) is 0 Å². The minimum atomic E-state index is -4.73. The first-order valence-electron chi connectivity index (χ1n) is 4.62. The van der Waals surface area contributed by atoms with E-state index in [0.29, 0.717) is 5.39 Å². The summed E-state index contributed by atoms with van der Waals surface area (Å²) in [4.78, 5) is 11.2. The third kappa shape index (κ3) is 1.90. The Morgan fingerprint density at radius 2 is 1.88 bits per heavy atom. The molecule has 0 unspecified atom stereocenters. The van der Waals surface area contributed by atoms with Crippen molar-refractivity contribution < 1.29 is 26.8 Å². The van der Waals surface area contributed by atoms with Gasteiger partial charge in [0.2, 0.25) is 0 Å². The van der Waals surface area contributed by atoms with Crippen LogP contribution in [0.4, 0.5) is 17.6 Å². The number of hydrogen-bond acceptors (Lipinski definition) is 2. The highest BCUT2D eigenvalue weighted by Gasteiger charge is 2.50. The monoisotopic (exact) mass is 246 g/mol. The van der Waals surface area contributed by atoms with E-state index in [-0.39, 0.29) is 5.58 Å². The van der Waals surface area contributed by atoms with Crippen LogP contribution in [0.1, 0.15) is 10.6 Å². The number of benzene rings is 1. The van der Waals surface area contributed by atoms with Gasteiger partial charge in [-0.3, -0.25) is 4.79 Å². The highest BCUT2D eigenvalue weighted by atomic mass is 19.3. The van der Waals surface area contributed by atoms with Gasteiger partial charge < -0.3 is 4.42 Å². The van der Waals surface area contributed by atoms with E-state index >= 15 is 0 Å². The Morgan fingerprint density at radius 3 is 2.47 bits per heavy atom. The van der Waals surface area contributed by atoms with Crippen LogP contribution in [-0.2, 0) is 0 Å². The third-order valence-corrected chi connectivity index (χ3v) is 2.23. The van der Waals surface area contributed by atoms with Crippen LogP contribution in [0.3, 0.4) is 0 Å². The molecule has 0 aliphatic rings. The van der Waals surface area contributed by atoms with Crippen molar-refractivity contribution in [3.05, 3.63) is 36.1 Å². The molecule has 6 heteroatoms. The minimum Gasteiger partial charge on any atom is -0.453 e. The molecule has 2 rings (SSSR count). The average Bonchev–Trinajstić information content (AvgIpc) is 2.70. The van der Waals surface area contributed by atoms with E-state index in [1.54, 1.807) is 12.1 Å². The number of carbonyl (C=O) groups excluding carboxylic acids is 1. The topological polar surface area (TPSA) is 30.2 Å². The first-order valence-corrected chi connectivity index (χ1v) is 4.62. The highest BCUT2D eigenvalue weighted by molar-refractivity contribution is 6.02. The number of rotatable bonds is 3. The van der Waals surface area contributed by atoms with E-state index < -0.39 is 23.9 Å². The number of hydrogen-bond donors (Lipinski definition) is 0. The summed E-state index contributed by atoms with van der Waals surface area (Å²) in [5.74, 6) is -7.51. The van der Waals surface area contributed by atoms with Gasteiger partial charge in [-0.25, -0.2) is 8.78 Å². The van der Waals surface area contributed by atoms with Gasteiger partial charge in [0.25, 0.3) is 5.78 Å². The second kappa shape index (κ2) is 3.87. The van der Waals surface area contributed by atoms with Gasteiger partial charge in [0.15, 0.2) is 5.76 Å². The number of alkyl halides is 4. The van der Waals surface area contributed by atoms with Crippen LogP contribution in [-0.4, -0.2) is 18.1 Å². The quantitative estimate of drug-likeness (QED) is 0.612. The number of fused-ring (bicyclic) bond motifs is 1. The van der Waals surface area contributed by atoms with Crippen molar-refractivity contribution >= 4 is 16.8 Å². The fourth-order valence-corrected chi connectivity index (χ4v) is 1.36. The number of ketones is 1. The van der Waals surface area contributed by atoms with E-state index in [0.717, 1.165) is 6.07 Å². The predicted molar refractivity (Wildman–Crippen MR) is 51.5 cm³/mol. The molecule has 1 heterocycles. The average molecular weight is 246 g/mol. The summed E-state index contributed by atoms with van der Waals surface area (Å²) in [6.07, 6.45) is -4.05. The summed E-state index contributed by atoms with van der Waals surface area (Å²) < 4.78 is 54.4. The van der Waals surface area contributed by atoms with Crippen LogP contribution in [0.5, 0.6) is 0 Å². The first kappa shape index (κ1) is 11.6. The molecule has 0 saturated carbocycles. The van der Waals surface area contributed by atoms with Crippen molar-refractivity contribution in [2.75, 3.05) is 0 Å². The molecule has 0 radical (unpaired) electrons. The molecule has 2 aromatic rings. The molecule has 0 amide bonds. The van der Waals surface area contributed by atoms with E-state index in [9.17, 15) is 22.4 Å². The Balaban J connectivity index is 2.44. The second-order valence-corrected chi connectivity index (χ2v) is 3.40. The fraction of sp³-hybridized carbons (Fsp3) is 0.182. The molecule has 0 atom stereocenters. The molecule has 17 heavy (non-hydrogen) atoms. The minimum absolute atomic E-state index is 0.195. The number of furan rings is 1. The summed E-state index contributed by atoms with van der Waals surface area (Å²) in [5.41, 5.74) is 0.195. The molecule has 0 N–H and O–H groups in total. The van der Waals surface area contributed by atoms with E-state index in [2.05, 4.69) is 0 Å². The van der Waals surface area contributed by atoms with Gasteiger partial charge in [0.1, 0.15) is 5.58 Å². The van der Waals surface area contributed by atoms with Crippen molar-refractivity contribution in [3.8, 4) is 0 Å². The van der Waals surface area contributed by atoms with Crippen LogP contribution >= 0.6 is 0 Å². The Hall–Kier alpha value is -1.85. The predicted octanol–water partition coefficient (Wildman–Crippen LogP) is 3.52. The zero-order chi connectivity index (χ0) is 12.6. The lowest BCUT2D eigenvalue weighted by molar-refractivity contribution is -0.0968. The Kier molecular flexibility index (Phi) is 2.65. The van der Waals surface area contributed by atoms with E-state index in [4.69, 9.17) is 4.42 Å². The van der Waals surface area contributed by atoms with Crippen LogP contribution < -0.4 is 0 Å². The summed E-state index contributed by atoms with van der Waals surface area (Å²) in [6, 6.07) is 7.18. The van der Waals surface area contributed by atoms with E-state index in [1.165, 1.54) is 12.1 Å². The molecule has 0 aliphatic heterocycles. The van der Waals surface area contributed by atoms with Gasteiger partial charge in [-0.2, -0.15) is 8.78 Å². The van der Waals surface area contributed by atoms with E-state index in [1.807, 2.05) is 0 Å². The van der Waals surface area contributed by atoms with Crippen molar-refractivity contribution in [2.24, 2.45) is 0 Å². The van der Waals surface area contributed by atoms with Gasteiger partial charge in [-0.05, 0) is 12.1 Å².